The molecule has 0 spiro atoms. The Morgan fingerprint density at radius 1 is 1.27 bits per heavy atom. The monoisotopic (exact) mass is 212 g/mol. The molecule has 0 unspecified atom stereocenters. The summed E-state index contributed by atoms with van der Waals surface area (Å²) >= 11 is 0. The molecular weight excluding hydrogens is 199 g/mol. The number of ether oxygens (including phenoxy) is 2. The second-order valence-corrected chi connectivity index (χ2v) is 3.18. The minimum atomic E-state index is -0.491. The van der Waals surface area contributed by atoms with Gasteiger partial charge in [0.2, 0.25) is 0 Å². The summed E-state index contributed by atoms with van der Waals surface area (Å²) in [5, 5.41) is 0. The predicted molar refractivity (Wildman–Crippen MR) is 53.9 cm³/mol. The number of rotatable bonds is 4. The average molecular weight is 212 g/mol. The molecule has 15 heavy (non-hydrogen) atoms. The van der Waals surface area contributed by atoms with E-state index in [2.05, 4.69) is 0 Å². The minimum Gasteiger partial charge on any atom is -0.496 e. The van der Waals surface area contributed by atoms with Gasteiger partial charge in [0.15, 0.2) is 11.6 Å². The fraction of sp³-hybridized carbons (Fsp3) is 0.364. The highest BCUT2D eigenvalue weighted by atomic mass is 19.1. The first-order valence-electron chi connectivity index (χ1n) is 4.48. The van der Waals surface area contributed by atoms with E-state index >= 15 is 0 Å². The van der Waals surface area contributed by atoms with E-state index in [1.807, 2.05) is 0 Å². The van der Waals surface area contributed by atoms with Gasteiger partial charge < -0.3 is 9.47 Å². The summed E-state index contributed by atoms with van der Waals surface area (Å²) in [6.07, 6.45) is 0.157. The predicted octanol–water partition coefficient (Wildman–Crippen LogP) is 1.97. The lowest BCUT2D eigenvalue weighted by molar-refractivity contribution is -0.116. The Labute approximate surface area is 87.8 Å². The van der Waals surface area contributed by atoms with Crippen LogP contribution >= 0.6 is 0 Å². The first kappa shape index (κ1) is 11.5. The van der Waals surface area contributed by atoms with Gasteiger partial charge in [-0.3, -0.25) is 4.79 Å². The number of carbonyl (C=O) groups excluding carboxylic acids is 1. The third kappa shape index (κ3) is 2.68. The van der Waals surface area contributed by atoms with Crippen LogP contribution in [-0.2, 0) is 11.2 Å². The molecule has 82 valence electrons. The number of carbonyl (C=O) groups is 1. The van der Waals surface area contributed by atoms with Crippen molar-refractivity contribution in [3.63, 3.8) is 0 Å². The van der Waals surface area contributed by atoms with Gasteiger partial charge >= 0.3 is 0 Å². The van der Waals surface area contributed by atoms with Crippen molar-refractivity contribution in [2.75, 3.05) is 14.2 Å². The molecule has 0 heterocycles. The molecule has 0 bridgehead atoms. The van der Waals surface area contributed by atoms with Crippen molar-refractivity contribution in [1.29, 1.82) is 0 Å². The summed E-state index contributed by atoms with van der Waals surface area (Å²) in [6.45, 7) is 1.45. The Bertz CT molecular complexity index is 374. The summed E-state index contributed by atoms with van der Waals surface area (Å²) < 4.78 is 23.2. The van der Waals surface area contributed by atoms with Crippen LogP contribution in [0, 0.1) is 5.82 Å². The Kier molecular flexibility index (Phi) is 3.66. The largest absolute Gasteiger partial charge is 0.496 e. The first-order valence-corrected chi connectivity index (χ1v) is 4.48. The molecule has 0 aromatic heterocycles. The molecule has 1 rings (SSSR count). The third-order valence-electron chi connectivity index (χ3n) is 1.99. The van der Waals surface area contributed by atoms with E-state index in [9.17, 15) is 9.18 Å². The minimum absolute atomic E-state index is 0.0436. The van der Waals surface area contributed by atoms with Crippen LogP contribution in [0.15, 0.2) is 12.1 Å². The summed E-state index contributed by atoms with van der Waals surface area (Å²) in [5.41, 5.74) is 0.531. The van der Waals surface area contributed by atoms with Crippen molar-refractivity contribution in [2.24, 2.45) is 0 Å². The highest BCUT2D eigenvalue weighted by Gasteiger charge is 2.12. The van der Waals surface area contributed by atoms with Crippen LogP contribution in [0.2, 0.25) is 0 Å². The zero-order valence-corrected chi connectivity index (χ0v) is 8.96. The first-order chi connectivity index (χ1) is 7.08. The summed E-state index contributed by atoms with van der Waals surface area (Å²) in [7, 11) is 2.85. The molecule has 0 radical (unpaired) electrons. The molecule has 4 heteroatoms. The average Bonchev–Trinajstić information content (AvgIpc) is 2.17. The van der Waals surface area contributed by atoms with Crippen LogP contribution < -0.4 is 9.47 Å². The molecule has 0 fully saturated rings. The summed E-state index contributed by atoms with van der Waals surface area (Å²) in [6, 6.07) is 2.70. The quantitative estimate of drug-likeness (QED) is 0.765. The van der Waals surface area contributed by atoms with Gasteiger partial charge in [0.1, 0.15) is 11.5 Å². The second kappa shape index (κ2) is 4.77. The van der Waals surface area contributed by atoms with Gasteiger partial charge in [-0.15, -0.1) is 0 Å². The van der Waals surface area contributed by atoms with Gasteiger partial charge in [0.25, 0.3) is 0 Å². The number of ketones is 1. The van der Waals surface area contributed by atoms with E-state index in [0.29, 0.717) is 11.3 Å². The van der Waals surface area contributed by atoms with Gasteiger partial charge in [-0.2, -0.15) is 0 Å². The molecule has 0 aliphatic carbocycles. The smallest absolute Gasteiger partial charge is 0.165 e. The number of hydrogen-bond acceptors (Lipinski definition) is 3. The van der Waals surface area contributed by atoms with E-state index < -0.39 is 5.82 Å². The lowest BCUT2D eigenvalue weighted by Crippen LogP contribution is -2.01. The molecule has 0 atom stereocenters. The van der Waals surface area contributed by atoms with Gasteiger partial charge in [0.05, 0.1) is 14.2 Å². The number of hydrogen-bond donors (Lipinski definition) is 0. The third-order valence-corrected chi connectivity index (χ3v) is 1.99. The van der Waals surface area contributed by atoms with Crippen LogP contribution in [-0.4, -0.2) is 20.0 Å². The van der Waals surface area contributed by atoms with Gasteiger partial charge in [0, 0.05) is 18.1 Å². The molecule has 0 aliphatic rings. The standard InChI is InChI=1S/C11H13FO3/c1-7(13)4-8-5-9(12)11(15-3)6-10(8)14-2/h5-6H,4H2,1-3H3. The number of Topliss-reactive ketones (excluding diaryl/α,β-unsaturated/α-hetero) is 1. The molecule has 0 amide bonds. The van der Waals surface area contributed by atoms with Crippen molar-refractivity contribution in [3.05, 3.63) is 23.5 Å². The molecular formula is C11H13FO3. The fourth-order valence-electron chi connectivity index (χ4n) is 1.33. The molecule has 0 N–H and O–H groups in total. The fourth-order valence-corrected chi connectivity index (χ4v) is 1.33. The lowest BCUT2D eigenvalue weighted by Gasteiger charge is -2.10. The highest BCUT2D eigenvalue weighted by molar-refractivity contribution is 5.79. The molecule has 1 aromatic rings. The summed E-state index contributed by atoms with van der Waals surface area (Å²) in [4.78, 5) is 10.9. The van der Waals surface area contributed by atoms with Crippen LogP contribution in [0.25, 0.3) is 0 Å². The molecule has 0 aliphatic heterocycles. The van der Waals surface area contributed by atoms with E-state index in [-0.39, 0.29) is 18.0 Å². The number of methoxy groups -OCH3 is 2. The maximum absolute atomic E-state index is 13.3. The zero-order valence-electron chi connectivity index (χ0n) is 8.96. The Hall–Kier alpha value is -1.58. The van der Waals surface area contributed by atoms with Crippen molar-refractivity contribution >= 4 is 5.78 Å². The van der Waals surface area contributed by atoms with Crippen LogP contribution in [0.4, 0.5) is 4.39 Å². The maximum Gasteiger partial charge on any atom is 0.165 e. The summed E-state index contributed by atoms with van der Waals surface area (Å²) in [5.74, 6) is 0.0371. The Morgan fingerprint density at radius 3 is 2.33 bits per heavy atom. The molecule has 3 nitrogen and oxygen atoms in total. The van der Waals surface area contributed by atoms with Crippen LogP contribution in [0.3, 0.4) is 0 Å². The van der Waals surface area contributed by atoms with Crippen molar-refractivity contribution < 1.29 is 18.7 Å². The number of benzene rings is 1. The SMILES string of the molecule is COc1cc(OC)c(CC(C)=O)cc1F. The van der Waals surface area contributed by atoms with Gasteiger partial charge in [-0.05, 0) is 13.0 Å². The van der Waals surface area contributed by atoms with Crippen molar-refractivity contribution in [3.8, 4) is 11.5 Å². The van der Waals surface area contributed by atoms with E-state index in [1.54, 1.807) is 0 Å². The lowest BCUT2D eigenvalue weighted by atomic mass is 10.1. The molecule has 0 saturated heterocycles. The topological polar surface area (TPSA) is 35.5 Å². The normalized spacial score (nSPS) is 9.87. The van der Waals surface area contributed by atoms with E-state index in [4.69, 9.17) is 9.47 Å². The van der Waals surface area contributed by atoms with Crippen LogP contribution in [0.5, 0.6) is 11.5 Å². The van der Waals surface area contributed by atoms with Gasteiger partial charge in [-0.25, -0.2) is 4.39 Å². The Morgan fingerprint density at radius 2 is 1.87 bits per heavy atom. The molecule has 0 saturated carbocycles. The molecule has 1 aromatic carbocycles. The van der Waals surface area contributed by atoms with Crippen molar-refractivity contribution in [1.82, 2.24) is 0 Å². The van der Waals surface area contributed by atoms with Gasteiger partial charge in [-0.1, -0.05) is 0 Å². The highest BCUT2D eigenvalue weighted by Crippen LogP contribution is 2.28. The van der Waals surface area contributed by atoms with E-state index in [0.717, 1.165) is 0 Å². The van der Waals surface area contributed by atoms with Crippen molar-refractivity contribution in [2.45, 2.75) is 13.3 Å². The number of halogens is 1. The second-order valence-electron chi connectivity index (χ2n) is 3.18. The maximum atomic E-state index is 13.3. The zero-order chi connectivity index (χ0) is 11.4. The Balaban J connectivity index is 3.15. The van der Waals surface area contributed by atoms with Crippen LogP contribution in [0.1, 0.15) is 12.5 Å². The van der Waals surface area contributed by atoms with E-state index in [1.165, 1.54) is 33.3 Å².